The van der Waals surface area contributed by atoms with Gasteiger partial charge in [0.1, 0.15) is 5.69 Å². The van der Waals surface area contributed by atoms with Crippen LogP contribution in [0.15, 0.2) is 30.3 Å². The first kappa shape index (κ1) is 18.3. The number of rotatable bonds is 4. The number of hydrogen-bond donors (Lipinski definition) is 1. The number of hydrogen-bond acceptors (Lipinski definition) is 5. The number of para-hydroxylation sites is 1. The van der Waals surface area contributed by atoms with E-state index in [0.717, 1.165) is 37.6 Å². The third kappa shape index (κ3) is 4.19. The standard InChI is InChI=1S/C20H27N5O/c1-14(2)16-7-5-6-8-17(16)22-20-21-15(3)13-18(23-20)19(26)25-11-9-24(4)10-12-25/h5-8,13-14H,9-12H2,1-4H3,(H,21,22,23). The van der Waals surface area contributed by atoms with Crippen LogP contribution in [0.25, 0.3) is 0 Å². The van der Waals surface area contributed by atoms with Gasteiger partial charge in [0.05, 0.1) is 0 Å². The van der Waals surface area contributed by atoms with Crippen molar-refractivity contribution in [2.75, 3.05) is 38.5 Å². The molecule has 1 N–H and O–H groups in total. The van der Waals surface area contributed by atoms with E-state index >= 15 is 0 Å². The van der Waals surface area contributed by atoms with E-state index in [0.29, 0.717) is 17.6 Å². The summed E-state index contributed by atoms with van der Waals surface area (Å²) in [5.74, 6) is 0.828. The van der Waals surface area contributed by atoms with Crippen molar-refractivity contribution in [3.63, 3.8) is 0 Å². The topological polar surface area (TPSA) is 61.4 Å². The van der Waals surface area contributed by atoms with Crippen LogP contribution in [0.1, 0.15) is 41.5 Å². The molecule has 26 heavy (non-hydrogen) atoms. The zero-order valence-corrected chi connectivity index (χ0v) is 16.0. The first-order valence-corrected chi connectivity index (χ1v) is 9.13. The Bertz CT molecular complexity index is 782. The minimum Gasteiger partial charge on any atom is -0.335 e. The molecule has 0 radical (unpaired) electrons. The van der Waals surface area contributed by atoms with Crippen LogP contribution in [0.4, 0.5) is 11.6 Å². The highest BCUT2D eigenvalue weighted by Crippen LogP contribution is 2.26. The molecule has 138 valence electrons. The molecular formula is C20H27N5O. The molecular weight excluding hydrogens is 326 g/mol. The highest BCUT2D eigenvalue weighted by atomic mass is 16.2. The van der Waals surface area contributed by atoms with Gasteiger partial charge in [0.25, 0.3) is 5.91 Å². The third-order valence-electron chi connectivity index (χ3n) is 4.69. The second kappa shape index (κ2) is 7.83. The number of amides is 1. The molecule has 3 rings (SSSR count). The summed E-state index contributed by atoms with van der Waals surface area (Å²) in [5.41, 5.74) is 3.41. The van der Waals surface area contributed by atoms with Crippen LogP contribution in [-0.2, 0) is 0 Å². The first-order chi connectivity index (χ1) is 12.4. The average molecular weight is 353 g/mol. The Morgan fingerprint density at radius 1 is 1.12 bits per heavy atom. The van der Waals surface area contributed by atoms with Crippen molar-refractivity contribution in [1.82, 2.24) is 19.8 Å². The van der Waals surface area contributed by atoms with E-state index in [2.05, 4.69) is 47.1 Å². The Labute approximate surface area is 155 Å². The van der Waals surface area contributed by atoms with Crippen LogP contribution in [0.2, 0.25) is 0 Å². The maximum Gasteiger partial charge on any atom is 0.272 e. The SMILES string of the molecule is Cc1cc(C(=O)N2CCN(C)CC2)nc(Nc2ccccc2C(C)C)n1. The molecule has 1 aliphatic heterocycles. The lowest BCUT2D eigenvalue weighted by atomic mass is 10.0. The van der Waals surface area contributed by atoms with Gasteiger partial charge in [-0.05, 0) is 37.6 Å². The summed E-state index contributed by atoms with van der Waals surface area (Å²) in [6.07, 6.45) is 0. The minimum atomic E-state index is -0.0243. The summed E-state index contributed by atoms with van der Waals surface area (Å²) in [5, 5.41) is 3.30. The number of nitrogens with zero attached hydrogens (tertiary/aromatic N) is 4. The molecule has 2 heterocycles. The molecule has 1 amide bonds. The first-order valence-electron chi connectivity index (χ1n) is 9.13. The molecule has 1 saturated heterocycles. The molecule has 6 heteroatoms. The van der Waals surface area contributed by atoms with Crippen molar-refractivity contribution in [2.45, 2.75) is 26.7 Å². The van der Waals surface area contributed by atoms with Gasteiger partial charge in [0.2, 0.25) is 5.95 Å². The van der Waals surface area contributed by atoms with Gasteiger partial charge in [-0.2, -0.15) is 0 Å². The smallest absolute Gasteiger partial charge is 0.272 e. The predicted octanol–water partition coefficient (Wildman–Crippen LogP) is 3.04. The zero-order valence-electron chi connectivity index (χ0n) is 16.0. The fraction of sp³-hybridized carbons (Fsp3) is 0.450. The Kier molecular flexibility index (Phi) is 5.52. The molecule has 1 aromatic heterocycles. The third-order valence-corrected chi connectivity index (χ3v) is 4.69. The van der Waals surface area contributed by atoms with Gasteiger partial charge in [-0.3, -0.25) is 4.79 Å². The van der Waals surface area contributed by atoms with E-state index in [1.165, 1.54) is 5.56 Å². The summed E-state index contributed by atoms with van der Waals surface area (Å²) in [6.45, 7) is 9.45. The van der Waals surface area contributed by atoms with Crippen LogP contribution in [0.3, 0.4) is 0 Å². The van der Waals surface area contributed by atoms with Gasteiger partial charge in [0.15, 0.2) is 0 Å². The van der Waals surface area contributed by atoms with Crippen molar-refractivity contribution < 1.29 is 4.79 Å². The van der Waals surface area contributed by atoms with Crippen LogP contribution in [0.5, 0.6) is 0 Å². The van der Waals surface area contributed by atoms with E-state index in [9.17, 15) is 4.79 Å². The summed E-state index contributed by atoms with van der Waals surface area (Å²) < 4.78 is 0. The maximum absolute atomic E-state index is 12.8. The number of aromatic nitrogens is 2. The van der Waals surface area contributed by atoms with Gasteiger partial charge in [0, 0.05) is 37.6 Å². The molecule has 1 fully saturated rings. The number of aryl methyl sites for hydroxylation is 1. The molecule has 2 aromatic rings. The lowest BCUT2D eigenvalue weighted by molar-refractivity contribution is 0.0658. The normalized spacial score (nSPS) is 15.3. The van der Waals surface area contributed by atoms with Crippen LogP contribution in [-0.4, -0.2) is 58.9 Å². The summed E-state index contributed by atoms with van der Waals surface area (Å²) in [4.78, 5) is 25.9. The lowest BCUT2D eigenvalue weighted by Crippen LogP contribution is -2.47. The van der Waals surface area contributed by atoms with E-state index in [1.807, 2.05) is 30.0 Å². The van der Waals surface area contributed by atoms with Gasteiger partial charge in [-0.1, -0.05) is 32.0 Å². The van der Waals surface area contributed by atoms with Gasteiger partial charge >= 0.3 is 0 Å². The minimum absolute atomic E-state index is 0.0243. The Morgan fingerprint density at radius 2 is 1.81 bits per heavy atom. The number of nitrogens with one attached hydrogen (secondary N) is 1. The van der Waals surface area contributed by atoms with Crippen molar-refractivity contribution in [3.8, 4) is 0 Å². The average Bonchev–Trinajstić information content (AvgIpc) is 2.61. The molecule has 0 aliphatic carbocycles. The number of carbonyl (C=O) groups excluding carboxylic acids is 1. The number of anilines is 2. The molecule has 0 bridgehead atoms. The van der Waals surface area contributed by atoms with Gasteiger partial charge in [-0.15, -0.1) is 0 Å². The molecule has 1 aromatic carbocycles. The van der Waals surface area contributed by atoms with E-state index in [4.69, 9.17) is 0 Å². The van der Waals surface area contributed by atoms with Crippen LogP contribution >= 0.6 is 0 Å². The van der Waals surface area contributed by atoms with Crippen LogP contribution in [0, 0.1) is 6.92 Å². The molecule has 0 atom stereocenters. The quantitative estimate of drug-likeness (QED) is 0.915. The van der Waals surface area contributed by atoms with Crippen molar-refractivity contribution >= 4 is 17.5 Å². The maximum atomic E-state index is 12.8. The second-order valence-corrected chi connectivity index (χ2v) is 7.18. The number of likely N-dealkylation sites (N-methyl/N-ethyl adjacent to an activating group) is 1. The fourth-order valence-corrected chi connectivity index (χ4v) is 3.14. The zero-order chi connectivity index (χ0) is 18.7. The molecule has 0 unspecified atom stereocenters. The summed E-state index contributed by atoms with van der Waals surface area (Å²) in [6, 6.07) is 9.89. The van der Waals surface area contributed by atoms with E-state index in [1.54, 1.807) is 6.07 Å². The lowest BCUT2D eigenvalue weighted by Gasteiger charge is -2.32. The molecule has 1 aliphatic rings. The van der Waals surface area contributed by atoms with Gasteiger partial charge in [-0.25, -0.2) is 9.97 Å². The summed E-state index contributed by atoms with van der Waals surface area (Å²) in [7, 11) is 2.07. The summed E-state index contributed by atoms with van der Waals surface area (Å²) >= 11 is 0. The fourth-order valence-electron chi connectivity index (χ4n) is 3.14. The largest absolute Gasteiger partial charge is 0.335 e. The van der Waals surface area contributed by atoms with E-state index < -0.39 is 0 Å². The Hall–Kier alpha value is -2.47. The highest BCUT2D eigenvalue weighted by molar-refractivity contribution is 5.92. The number of carbonyl (C=O) groups is 1. The predicted molar refractivity (Wildman–Crippen MR) is 104 cm³/mol. The monoisotopic (exact) mass is 353 g/mol. The Balaban J connectivity index is 1.83. The van der Waals surface area contributed by atoms with Crippen molar-refractivity contribution in [2.24, 2.45) is 0 Å². The molecule has 0 spiro atoms. The Morgan fingerprint density at radius 3 is 2.50 bits per heavy atom. The molecule has 0 saturated carbocycles. The molecule has 6 nitrogen and oxygen atoms in total. The highest BCUT2D eigenvalue weighted by Gasteiger charge is 2.22. The van der Waals surface area contributed by atoms with Crippen LogP contribution < -0.4 is 5.32 Å². The second-order valence-electron chi connectivity index (χ2n) is 7.18. The van der Waals surface area contributed by atoms with Crippen molar-refractivity contribution in [3.05, 3.63) is 47.3 Å². The number of piperazine rings is 1. The van der Waals surface area contributed by atoms with Gasteiger partial charge < -0.3 is 15.1 Å². The van der Waals surface area contributed by atoms with Crippen molar-refractivity contribution in [1.29, 1.82) is 0 Å². The number of benzene rings is 1. The van der Waals surface area contributed by atoms with E-state index in [-0.39, 0.29) is 5.91 Å².